The molecule has 0 atom stereocenters. The fourth-order valence-corrected chi connectivity index (χ4v) is 2.35. The van der Waals surface area contributed by atoms with E-state index >= 15 is 0 Å². The third kappa shape index (κ3) is 2.98. The van der Waals surface area contributed by atoms with Crippen molar-refractivity contribution in [1.82, 2.24) is 20.4 Å². The number of aryl methyl sites for hydroxylation is 2. The van der Waals surface area contributed by atoms with Gasteiger partial charge in [0.15, 0.2) is 0 Å². The number of ether oxygens (including phenoxy) is 1. The number of amides is 1. The molecule has 3 heterocycles. The van der Waals surface area contributed by atoms with Crippen molar-refractivity contribution < 1.29 is 14.1 Å². The lowest BCUT2D eigenvalue weighted by atomic mass is 10.1. The van der Waals surface area contributed by atoms with Gasteiger partial charge in [-0.15, -0.1) is 0 Å². The number of hydrogen-bond acceptors (Lipinski definition) is 6. The lowest BCUT2D eigenvalue weighted by Crippen LogP contribution is -2.23. The summed E-state index contributed by atoms with van der Waals surface area (Å²) < 4.78 is 10.2. The molecule has 7 nitrogen and oxygen atoms in total. The molecule has 7 heteroatoms. The normalized spacial score (nSPS) is 10.7. The summed E-state index contributed by atoms with van der Waals surface area (Å²) in [5.41, 5.74) is 3.12. The van der Waals surface area contributed by atoms with Crippen molar-refractivity contribution in [1.29, 1.82) is 0 Å². The van der Waals surface area contributed by atoms with Crippen molar-refractivity contribution in [3.8, 4) is 5.88 Å². The third-order valence-corrected chi connectivity index (χ3v) is 3.45. The summed E-state index contributed by atoms with van der Waals surface area (Å²) in [5.74, 6) is 0.302. The van der Waals surface area contributed by atoms with Gasteiger partial charge in [-0.05, 0) is 31.5 Å². The van der Waals surface area contributed by atoms with Crippen molar-refractivity contribution in [2.24, 2.45) is 0 Å². The molecule has 1 N–H and O–H groups in total. The van der Waals surface area contributed by atoms with E-state index in [-0.39, 0.29) is 5.91 Å². The molecule has 23 heavy (non-hydrogen) atoms. The van der Waals surface area contributed by atoms with Crippen LogP contribution in [0.5, 0.6) is 5.88 Å². The van der Waals surface area contributed by atoms with Crippen LogP contribution in [0.3, 0.4) is 0 Å². The highest BCUT2D eigenvalue weighted by Gasteiger charge is 2.17. The van der Waals surface area contributed by atoms with E-state index < -0.39 is 0 Å². The highest BCUT2D eigenvalue weighted by Crippen LogP contribution is 2.22. The number of nitrogens with zero attached hydrogens (tertiary/aromatic N) is 3. The van der Waals surface area contributed by atoms with Crippen molar-refractivity contribution in [3.05, 3.63) is 46.9 Å². The minimum absolute atomic E-state index is 0.206. The van der Waals surface area contributed by atoms with E-state index in [1.54, 1.807) is 32.4 Å². The standard InChI is InChI=1S/C16H16N4O3/c1-9-6-12(14-10(2)20-23-16(14)19-9)15(21)18-8-11-4-5-17-13(7-11)22-3/h4-7H,8H2,1-3H3,(H,18,21). The van der Waals surface area contributed by atoms with E-state index in [4.69, 9.17) is 9.26 Å². The zero-order chi connectivity index (χ0) is 16.4. The molecule has 0 saturated carbocycles. The van der Waals surface area contributed by atoms with E-state index in [0.29, 0.717) is 40.5 Å². The number of carbonyl (C=O) groups excluding carboxylic acids is 1. The Bertz CT molecular complexity index is 873. The third-order valence-electron chi connectivity index (χ3n) is 3.45. The number of methoxy groups -OCH3 is 1. The molecule has 0 unspecified atom stereocenters. The molecule has 118 valence electrons. The predicted molar refractivity (Wildman–Crippen MR) is 83.2 cm³/mol. The van der Waals surface area contributed by atoms with Crippen molar-refractivity contribution in [3.63, 3.8) is 0 Å². The van der Waals surface area contributed by atoms with Crippen molar-refractivity contribution >= 4 is 17.0 Å². The number of rotatable bonds is 4. The summed E-state index contributed by atoms with van der Waals surface area (Å²) >= 11 is 0. The van der Waals surface area contributed by atoms with Crippen LogP contribution in [0.1, 0.15) is 27.3 Å². The van der Waals surface area contributed by atoms with Gasteiger partial charge in [-0.25, -0.2) is 9.97 Å². The maximum absolute atomic E-state index is 12.5. The van der Waals surface area contributed by atoms with Crippen LogP contribution in [0.25, 0.3) is 11.1 Å². The van der Waals surface area contributed by atoms with E-state index in [9.17, 15) is 4.79 Å². The van der Waals surface area contributed by atoms with E-state index in [2.05, 4.69) is 20.4 Å². The number of carbonyl (C=O) groups is 1. The van der Waals surface area contributed by atoms with Gasteiger partial charge in [0, 0.05) is 24.5 Å². The molecule has 3 aromatic heterocycles. The number of aromatic nitrogens is 3. The van der Waals surface area contributed by atoms with Gasteiger partial charge in [0.2, 0.25) is 5.88 Å². The second-order valence-corrected chi connectivity index (χ2v) is 5.15. The van der Waals surface area contributed by atoms with Crippen LogP contribution in [0.4, 0.5) is 0 Å². The van der Waals surface area contributed by atoms with Gasteiger partial charge in [0.25, 0.3) is 11.6 Å². The first-order valence-corrected chi connectivity index (χ1v) is 7.09. The first kappa shape index (κ1) is 15.0. The zero-order valence-electron chi connectivity index (χ0n) is 13.1. The van der Waals surface area contributed by atoms with Crippen LogP contribution in [0, 0.1) is 13.8 Å². The monoisotopic (exact) mass is 312 g/mol. The van der Waals surface area contributed by atoms with E-state index in [0.717, 1.165) is 5.56 Å². The van der Waals surface area contributed by atoms with E-state index in [1.165, 1.54) is 0 Å². The number of nitrogens with one attached hydrogen (secondary N) is 1. The maximum atomic E-state index is 12.5. The molecule has 0 aliphatic heterocycles. The summed E-state index contributed by atoms with van der Waals surface area (Å²) in [6, 6.07) is 5.33. The highest BCUT2D eigenvalue weighted by molar-refractivity contribution is 6.05. The minimum atomic E-state index is -0.206. The molecule has 0 fully saturated rings. The Morgan fingerprint density at radius 2 is 2.17 bits per heavy atom. The Labute approximate surface area is 132 Å². The first-order chi connectivity index (χ1) is 11.1. The highest BCUT2D eigenvalue weighted by atomic mass is 16.5. The van der Waals surface area contributed by atoms with E-state index in [1.807, 2.05) is 13.0 Å². The molecule has 0 aromatic carbocycles. The topological polar surface area (TPSA) is 90.1 Å². The second kappa shape index (κ2) is 6.04. The fraction of sp³-hybridized carbons (Fsp3) is 0.250. The first-order valence-electron chi connectivity index (χ1n) is 7.09. The molecule has 0 radical (unpaired) electrons. The lowest BCUT2D eigenvalue weighted by molar-refractivity contribution is 0.0952. The average molecular weight is 312 g/mol. The molecule has 0 bridgehead atoms. The molecule has 1 amide bonds. The van der Waals surface area contributed by atoms with Gasteiger partial charge in [-0.1, -0.05) is 5.16 Å². The minimum Gasteiger partial charge on any atom is -0.481 e. The van der Waals surface area contributed by atoms with Gasteiger partial charge in [0.1, 0.15) is 0 Å². The predicted octanol–water partition coefficient (Wildman–Crippen LogP) is 2.17. The van der Waals surface area contributed by atoms with Crippen LogP contribution in [-0.2, 0) is 6.54 Å². The summed E-state index contributed by atoms with van der Waals surface area (Å²) in [6.45, 7) is 3.96. The Kier molecular flexibility index (Phi) is 3.92. The summed E-state index contributed by atoms with van der Waals surface area (Å²) in [5, 5.41) is 7.40. The fourth-order valence-electron chi connectivity index (χ4n) is 2.35. The SMILES string of the molecule is COc1cc(CNC(=O)c2cc(C)nc3onc(C)c23)ccn1. The maximum Gasteiger partial charge on any atom is 0.258 e. The van der Waals surface area contributed by atoms with Crippen molar-refractivity contribution in [2.45, 2.75) is 20.4 Å². The molecule has 0 aliphatic rings. The zero-order valence-corrected chi connectivity index (χ0v) is 13.1. The Morgan fingerprint density at radius 3 is 2.96 bits per heavy atom. The van der Waals surface area contributed by atoms with Gasteiger partial charge < -0.3 is 14.6 Å². The second-order valence-electron chi connectivity index (χ2n) is 5.15. The quantitative estimate of drug-likeness (QED) is 0.794. The van der Waals surface area contributed by atoms with Crippen LogP contribution in [0.15, 0.2) is 28.9 Å². The largest absolute Gasteiger partial charge is 0.481 e. The van der Waals surface area contributed by atoms with Gasteiger partial charge in [-0.3, -0.25) is 4.79 Å². The molecule has 0 aliphatic carbocycles. The summed E-state index contributed by atoms with van der Waals surface area (Å²) in [4.78, 5) is 20.8. The van der Waals surface area contributed by atoms with Crippen LogP contribution >= 0.6 is 0 Å². The van der Waals surface area contributed by atoms with Crippen LogP contribution in [-0.4, -0.2) is 28.1 Å². The average Bonchev–Trinajstić information content (AvgIpc) is 2.93. The molecule has 3 aromatic rings. The Hall–Kier alpha value is -2.96. The van der Waals surface area contributed by atoms with Gasteiger partial charge in [-0.2, -0.15) is 0 Å². The van der Waals surface area contributed by atoms with Crippen LogP contribution < -0.4 is 10.1 Å². The summed E-state index contributed by atoms with van der Waals surface area (Å²) in [7, 11) is 1.55. The van der Waals surface area contributed by atoms with Gasteiger partial charge >= 0.3 is 0 Å². The number of hydrogen-bond donors (Lipinski definition) is 1. The molecule has 3 rings (SSSR count). The lowest BCUT2D eigenvalue weighted by Gasteiger charge is -2.08. The molecule has 0 saturated heterocycles. The number of fused-ring (bicyclic) bond motifs is 1. The smallest absolute Gasteiger partial charge is 0.258 e. The number of pyridine rings is 2. The van der Waals surface area contributed by atoms with Crippen molar-refractivity contribution in [2.75, 3.05) is 7.11 Å². The van der Waals surface area contributed by atoms with Crippen LogP contribution in [0.2, 0.25) is 0 Å². The Balaban J connectivity index is 1.84. The Morgan fingerprint density at radius 1 is 1.35 bits per heavy atom. The van der Waals surface area contributed by atoms with Gasteiger partial charge in [0.05, 0.1) is 23.8 Å². The molecule has 0 spiro atoms. The molecular formula is C16H16N4O3. The summed E-state index contributed by atoms with van der Waals surface area (Å²) in [6.07, 6.45) is 1.64. The molecular weight excluding hydrogens is 296 g/mol.